The number of carbonyl (C=O) groups excluding carboxylic acids is 2. The van der Waals surface area contributed by atoms with E-state index in [1.165, 1.54) is 42.5 Å². The summed E-state index contributed by atoms with van der Waals surface area (Å²) in [4.78, 5) is 24.4. The summed E-state index contributed by atoms with van der Waals surface area (Å²) in [6.45, 7) is 0. The van der Waals surface area contributed by atoms with Crippen LogP contribution in [0.2, 0.25) is 0 Å². The standard InChI is InChI=1S/C17H12F6N2O2/c18-16(19,20)13(17(21,22)23)15(27)25(12-9-5-2-6-10-12)24-14(26)11-7-3-1-4-8-11/h1-10,13H,(H,24,26). The number of alkyl halides is 6. The number of anilines is 1. The van der Waals surface area contributed by atoms with E-state index in [4.69, 9.17) is 0 Å². The Hall–Kier alpha value is -3.04. The van der Waals surface area contributed by atoms with E-state index in [-0.39, 0.29) is 16.3 Å². The Morgan fingerprint density at radius 3 is 1.67 bits per heavy atom. The summed E-state index contributed by atoms with van der Waals surface area (Å²) in [5.74, 6) is -7.71. The average molecular weight is 390 g/mol. The summed E-state index contributed by atoms with van der Waals surface area (Å²) in [6.07, 6.45) is -11.8. The van der Waals surface area contributed by atoms with E-state index in [1.807, 2.05) is 5.43 Å². The lowest BCUT2D eigenvalue weighted by Gasteiger charge is -2.29. The van der Waals surface area contributed by atoms with E-state index < -0.39 is 30.1 Å². The Bertz CT molecular complexity index is 777. The van der Waals surface area contributed by atoms with Gasteiger partial charge in [0, 0.05) is 5.56 Å². The van der Waals surface area contributed by atoms with Crippen LogP contribution in [0.1, 0.15) is 10.4 Å². The van der Waals surface area contributed by atoms with Gasteiger partial charge in [0.1, 0.15) is 0 Å². The van der Waals surface area contributed by atoms with Crippen LogP contribution in [0, 0.1) is 5.92 Å². The number of nitrogens with one attached hydrogen (secondary N) is 1. The number of halogens is 6. The van der Waals surface area contributed by atoms with Crippen molar-refractivity contribution in [3.8, 4) is 0 Å². The molecule has 0 heterocycles. The number of rotatable bonds is 3. The quantitative estimate of drug-likeness (QED) is 0.634. The minimum absolute atomic E-state index is 0.0407. The normalized spacial score (nSPS) is 12.0. The molecule has 0 saturated heterocycles. The molecule has 2 aromatic carbocycles. The number of benzene rings is 2. The highest BCUT2D eigenvalue weighted by Crippen LogP contribution is 2.40. The number of hydrogen-bond donors (Lipinski definition) is 1. The third-order valence-electron chi connectivity index (χ3n) is 3.39. The van der Waals surface area contributed by atoms with Crippen LogP contribution < -0.4 is 10.4 Å². The first-order chi connectivity index (χ1) is 12.5. The van der Waals surface area contributed by atoms with Crippen LogP contribution >= 0.6 is 0 Å². The van der Waals surface area contributed by atoms with Crippen molar-refractivity contribution in [1.82, 2.24) is 5.43 Å². The highest BCUT2D eigenvalue weighted by Gasteiger charge is 2.62. The number of para-hydroxylation sites is 1. The van der Waals surface area contributed by atoms with Gasteiger partial charge < -0.3 is 0 Å². The van der Waals surface area contributed by atoms with Gasteiger partial charge in [-0.2, -0.15) is 26.3 Å². The van der Waals surface area contributed by atoms with Gasteiger partial charge >= 0.3 is 12.4 Å². The highest BCUT2D eigenvalue weighted by molar-refractivity contribution is 6.02. The van der Waals surface area contributed by atoms with E-state index in [9.17, 15) is 35.9 Å². The molecule has 27 heavy (non-hydrogen) atoms. The Kier molecular flexibility index (Phi) is 5.77. The van der Waals surface area contributed by atoms with Crippen molar-refractivity contribution in [2.75, 3.05) is 5.01 Å². The van der Waals surface area contributed by atoms with Crippen LogP contribution in [0.5, 0.6) is 0 Å². The molecule has 0 aliphatic heterocycles. The van der Waals surface area contributed by atoms with Crippen molar-refractivity contribution >= 4 is 17.5 Å². The van der Waals surface area contributed by atoms with Gasteiger partial charge in [0.15, 0.2) is 0 Å². The van der Waals surface area contributed by atoms with Crippen LogP contribution in [0.4, 0.5) is 32.0 Å². The molecule has 0 fully saturated rings. The van der Waals surface area contributed by atoms with Crippen LogP contribution in [-0.2, 0) is 4.79 Å². The Labute approximate surface area is 149 Å². The molecular weight excluding hydrogens is 378 g/mol. The summed E-state index contributed by atoms with van der Waals surface area (Å²) in [7, 11) is 0. The molecule has 10 heteroatoms. The van der Waals surface area contributed by atoms with Crippen LogP contribution in [0.25, 0.3) is 0 Å². The molecule has 0 radical (unpaired) electrons. The summed E-state index contributed by atoms with van der Waals surface area (Å²) in [5.41, 5.74) is 1.41. The predicted molar refractivity (Wildman–Crippen MR) is 83.4 cm³/mol. The minimum Gasteiger partial charge on any atom is -0.272 e. The number of amides is 2. The second kappa shape index (κ2) is 7.68. The molecule has 2 rings (SSSR count). The molecule has 0 saturated carbocycles. The molecule has 0 spiro atoms. The second-order valence-corrected chi connectivity index (χ2v) is 5.33. The molecule has 0 aliphatic carbocycles. The Balaban J connectivity index is 2.44. The molecular formula is C17H12F6N2O2. The summed E-state index contributed by atoms with van der Waals surface area (Å²) < 4.78 is 77.5. The van der Waals surface area contributed by atoms with Crippen LogP contribution in [0.3, 0.4) is 0 Å². The van der Waals surface area contributed by atoms with E-state index in [0.717, 1.165) is 12.1 Å². The van der Waals surface area contributed by atoms with Gasteiger partial charge in [0.2, 0.25) is 5.92 Å². The molecule has 0 aliphatic rings. The number of hydrogen-bond acceptors (Lipinski definition) is 2. The molecule has 1 N–H and O–H groups in total. The van der Waals surface area contributed by atoms with E-state index in [1.54, 1.807) is 6.07 Å². The predicted octanol–water partition coefficient (Wildman–Crippen LogP) is 4.11. The zero-order chi connectivity index (χ0) is 20.2. The van der Waals surface area contributed by atoms with E-state index >= 15 is 0 Å². The molecule has 0 unspecified atom stereocenters. The largest absolute Gasteiger partial charge is 0.409 e. The third kappa shape index (κ3) is 4.99. The Morgan fingerprint density at radius 1 is 0.778 bits per heavy atom. The molecule has 4 nitrogen and oxygen atoms in total. The van der Waals surface area contributed by atoms with Crippen molar-refractivity contribution in [2.45, 2.75) is 12.4 Å². The van der Waals surface area contributed by atoms with Gasteiger partial charge in [-0.3, -0.25) is 15.0 Å². The number of hydrazine groups is 1. The number of nitrogens with zero attached hydrogens (tertiary/aromatic N) is 1. The fourth-order valence-corrected chi connectivity index (χ4v) is 2.17. The molecule has 0 aromatic heterocycles. The van der Waals surface area contributed by atoms with E-state index in [0.29, 0.717) is 0 Å². The fourth-order valence-electron chi connectivity index (χ4n) is 2.17. The first-order valence-corrected chi connectivity index (χ1v) is 7.40. The maximum atomic E-state index is 12.9. The zero-order valence-corrected chi connectivity index (χ0v) is 13.4. The Morgan fingerprint density at radius 2 is 1.22 bits per heavy atom. The summed E-state index contributed by atoms with van der Waals surface area (Å²) in [6, 6.07) is 13.2. The van der Waals surface area contributed by atoms with Crippen molar-refractivity contribution in [1.29, 1.82) is 0 Å². The van der Waals surface area contributed by atoms with Crippen molar-refractivity contribution < 1.29 is 35.9 Å². The maximum absolute atomic E-state index is 12.9. The van der Waals surface area contributed by atoms with Gasteiger partial charge in [-0.15, -0.1) is 0 Å². The van der Waals surface area contributed by atoms with Gasteiger partial charge in [0.05, 0.1) is 5.69 Å². The summed E-state index contributed by atoms with van der Waals surface area (Å²) >= 11 is 0. The van der Waals surface area contributed by atoms with Gasteiger partial charge in [-0.25, -0.2) is 5.01 Å². The fraction of sp³-hybridized carbons (Fsp3) is 0.176. The van der Waals surface area contributed by atoms with Crippen LogP contribution in [0.15, 0.2) is 60.7 Å². The summed E-state index contributed by atoms with van der Waals surface area (Å²) in [5, 5.41) is -0.0407. The SMILES string of the molecule is O=C(NN(C(=O)C(C(F)(F)F)C(F)(F)F)c1ccccc1)c1ccccc1. The molecule has 2 amide bonds. The van der Waals surface area contributed by atoms with Gasteiger partial charge in [0.25, 0.3) is 11.8 Å². The number of carbonyl (C=O) groups is 2. The average Bonchev–Trinajstić information content (AvgIpc) is 2.58. The molecule has 144 valence electrons. The highest BCUT2D eigenvalue weighted by atomic mass is 19.4. The van der Waals surface area contributed by atoms with E-state index in [2.05, 4.69) is 0 Å². The van der Waals surface area contributed by atoms with Crippen LogP contribution in [-0.4, -0.2) is 24.2 Å². The molecule has 0 bridgehead atoms. The second-order valence-electron chi connectivity index (χ2n) is 5.33. The zero-order valence-electron chi connectivity index (χ0n) is 13.4. The van der Waals surface area contributed by atoms with Gasteiger partial charge in [-0.05, 0) is 24.3 Å². The lowest BCUT2D eigenvalue weighted by molar-refractivity contribution is -0.273. The van der Waals surface area contributed by atoms with Gasteiger partial charge in [-0.1, -0.05) is 36.4 Å². The van der Waals surface area contributed by atoms with Crippen molar-refractivity contribution in [2.24, 2.45) is 5.92 Å². The first kappa shape index (κ1) is 20.3. The smallest absolute Gasteiger partial charge is 0.272 e. The minimum atomic E-state index is -5.89. The molecule has 0 atom stereocenters. The maximum Gasteiger partial charge on any atom is 0.409 e. The lowest BCUT2D eigenvalue weighted by Crippen LogP contribution is -2.55. The topological polar surface area (TPSA) is 49.4 Å². The monoisotopic (exact) mass is 390 g/mol. The first-order valence-electron chi connectivity index (χ1n) is 7.40. The lowest BCUT2D eigenvalue weighted by atomic mass is 10.1. The third-order valence-corrected chi connectivity index (χ3v) is 3.39. The van der Waals surface area contributed by atoms with Crippen molar-refractivity contribution in [3.05, 3.63) is 66.2 Å². The molecule has 2 aromatic rings. The van der Waals surface area contributed by atoms with Crippen molar-refractivity contribution in [3.63, 3.8) is 0 Å².